The van der Waals surface area contributed by atoms with Crippen LogP contribution in [0.2, 0.25) is 0 Å². The lowest BCUT2D eigenvalue weighted by atomic mass is 10.3. The van der Waals surface area contributed by atoms with Crippen molar-refractivity contribution >= 4 is 5.91 Å². The van der Waals surface area contributed by atoms with E-state index in [1.54, 1.807) is 0 Å². The summed E-state index contributed by atoms with van der Waals surface area (Å²) in [7, 11) is 0. The third kappa shape index (κ3) is 5.54. The normalized spacial score (nSPS) is 10.8. The number of carbonyl (C=O) groups excluding carboxylic acids is 1. The second-order valence-electron chi connectivity index (χ2n) is 4.58. The molecule has 2 N–H and O–H groups in total. The van der Waals surface area contributed by atoms with Crippen LogP contribution in [0.25, 0.3) is 0 Å². The molecule has 1 amide bonds. The van der Waals surface area contributed by atoms with Gasteiger partial charge in [0.05, 0.1) is 6.54 Å². The van der Waals surface area contributed by atoms with Crippen LogP contribution in [0, 0.1) is 0 Å². The Morgan fingerprint density at radius 1 is 1.47 bits per heavy atom. The molecule has 1 heterocycles. The molecule has 0 aliphatic carbocycles. The van der Waals surface area contributed by atoms with E-state index < -0.39 is 0 Å². The van der Waals surface area contributed by atoms with Gasteiger partial charge in [-0.1, -0.05) is 6.92 Å². The molecule has 0 fully saturated rings. The van der Waals surface area contributed by atoms with Gasteiger partial charge >= 0.3 is 0 Å². The molecule has 1 aromatic rings. The predicted molar refractivity (Wildman–Crippen MR) is 69.7 cm³/mol. The number of aromatic nitrogens is 1. The fourth-order valence-electron chi connectivity index (χ4n) is 1.69. The van der Waals surface area contributed by atoms with E-state index in [2.05, 4.69) is 40.6 Å². The Bertz CT molecular complexity index is 344. The van der Waals surface area contributed by atoms with E-state index in [-0.39, 0.29) is 11.9 Å². The lowest BCUT2D eigenvalue weighted by Crippen LogP contribution is -2.37. The molecule has 0 radical (unpaired) electrons. The van der Waals surface area contributed by atoms with Crippen LogP contribution in [-0.2, 0) is 17.9 Å². The Hall–Kier alpha value is -1.29. The Labute approximate surface area is 103 Å². The van der Waals surface area contributed by atoms with Crippen molar-refractivity contribution in [3.8, 4) is 0 Å². The van der Waals surface area contributed by atoms with E-state index in [0.717, 1.165) is 19.5 Å². The molecule has 0 aromatic carbocycles. The summed E-state index contributed by atoms with van der Waals surface area (Å²) in [6.07, 6.45) is 5.34. The van der Waals surface area contributed by atoms with Crippen molar-refractivity contribution in [1.29, 1.82) is 0 Å². The lowest BCUT2D eigenvalue weighted by Gasteiger charge is -2.08. The summed E-state index contributed by atoms with van der Waals surface area (Å²) in [5.41, 5.74) is 1.22. The summed E-state index contributed by atoms with van der Waals surface area (Å²) < 4.78 is 2.17. The molecule has 1 rings (SSSR count). The van der Waals surface area contributed by atoms with Crippen LogP contribution in [0.1, 0.15) is 32.8 Å². The maximum absolute atomic E-state index is 11.4. The van der Waals surface area contributed by atoms with Crippen LogP contribution < -0.4 is 10.6 Å². The molecule has 96 valence electrons. The summed E-state index contributed by atoms with van der Waals surface area (Å²) >= 11 is 0. The molecule has 1 aromatic heterocycles. The average molecular weight is 237 g/mol. The first kappa shape index (κ1) is 13.8. The number of aryl methyl sites for hydroxylation is 1. The van der Waals surface area contributed by atoms with Crippen LogP contribution in [0.5, 0.6) is 0 Å². The van der Waals surface area contributed by atoms with Crippen molar-refractivity contribution in [2.75, 3.05) is 6.54 Å². The number of hydrogen-bond donors (Lipinski definition) is 2. The molecule has 0 bridgehead atoms. The average Bonchev–Trinajstić information content (AvgIpc) is 2.65. The zero-order valence-corrected chi connectivity index (χ0v) is 11.0. The molecule has 0 saturated heterocycles. The van der Waals surface area contributed by atoms with Gasteiger partial charge in [0.1, 0.15) is 0 Å². The van der Waals surface area contributed by atoms with E-state index in [9.17, 15) is 4.79 Å². The molecule has 0 atom stereocenters. The van der Waals surface area contributed by atoms with Gasteiger partial charge < -0.3 is 15.2 Å². The summed E-state index contributed by atoms with van der Waals surface area (Å²) in [5, 5.41) is 5.98. The predicted octanol–water partition coefficient (Wildman–Crippen LogP) is 1.51. The van der Waals surface area contributed by atoms with Crippen molar-refractivity contribution in [1.82, 2.24) is 15.2 Å². The van der Waals surface area contributed by atoms with E-state index in [1.165, 1.54) is 5.56 Å². The minimum absolute atomic E-state index is 0.0491. The third-order valence-electron chi connectivity index (χ3n) is 2.36. The first-order chi connectivity index (χ1) is 8.11. The van der Waals surface area contributed by atoms with Crippen LogP contribution in [0.3, 0.4) is 0 Å². The van der Waals surface area contributed by atoms with E-state index in [0.29, 0.717) is 6.54 Å². The highest BCUT2D eigenvalue weighted by Crippen LogP contribution is 2.01. The number of rotatable bonds is 7. The molecular weight excluding hydrogens is 214 g/mol. The Balaban J connectivity index is 2.23. The summed E-state index contributed by atoms with van der Waals surface area (Å²) in [6, 6.07) is 2.29. The van der Waals surface area contributed by atoms with Crippen LogP contribution in [0.15, 0.2) is 18.5 Å². The van der Waals surface area contributed by atoms with Gasteiger partial charge in [-0.25, -0.2) is 0 Å². The van der Waals surface area contributed by atoms with Gasteiger partial charge in [0.2, 0.25) is 5.91 Å². The smallest absolute Gasteiger partial charge is 0.234 e. The second-order valence-corrected chi connectivity index (χ2v) is 4.58. The first-order valence-electron chi connectivity index (χ1n) is 6.26. The summed E-state index contributed by atoms with van der Waals surface area (Å²) in [5.74, 6) is 0.0491. The summed E-state index contributed by atoms with van der Waals surface area (Å²) in [4.78, 5) is 11.4. The molecule has 0 saturated carbocycles. The molecule has 0 aliphatic heterocycles. The van der Waals surface area contributed by atoms with Crippen molar-refractivity contribution in [3.05, 3.63) is 24.0 Å². The molecular formula is C13H23N3O. The molecule has 0 spiro atoms. The van der Waals surface area contributed by atoms with Crippen molar-refractivity contribution in [2.24, 2.45) is 0 Å². The van der Waals surface area contributed by atoms with Gasteiger partial charge in [0, 0.05) is 31.5 Å². The molecule has 4 heteroatoms. The van der Waals surface area contributed by atoms with Crippen LogP contribution in [0.4, 0.5) is 0 Å². The van der Waals surface area contributed by atoms with Crippen molar-refractivity contribution in [3.63, 3.8) is 0 Å². The maximum Gasteiger partial charge on any atom is 0.234 e. The monoisotopic (exact) mass is 237 g/mol. The van der Waals surface area contributed by atoms with Gasteiger partial charge in [0.25, 0.3) is 0 Å². The van der Waals surface area contributed by atoms with Gasteiger partial charge in [-0.2, -0.15) is 0 Å². The summed E-state index contributed by atoms with van der Waals surface area (Å²) in [6.45, 7) is 8.24. The second kappa shape index (κ2) is 7.12. The van der Waals surface area contributed by atoms with E-state index in [1.807, 2.05) is 13.8 Å². The third-order valence-corrected chi connectivity index (χ3v) is 2.36. The highest BCUT2D eigenvalue weighted by atomic mass is 16.1. The zero-order chi connectivity index (χ0) is 12.7. The quantitative estimate of drug-likeness (QED) is 0.755. The van der Waals surface area contributed by atoms with E-state index in [4.69, 9.17) is 0 Å². The van der Waals surface area contributed by atoms with Crippen LogP contribution >= 0.6 is 0 Å². The minimum atomic E-state index is 0.0491. The highest BCUT2D eigenvalue weighted by Gasteiger charge is 2.02. The Kier molecular flexibility index (Phi) is 5.77. The standard InChI is InChI=1S/C13H23N3O/c1-4-6-16-7-5-12(10-16)8-14-9-13(17)15-11(2)3/h5,7,10-11,14H,4,6,8-9H2,1-3H3,(H,15,17). The highest BCUT2D eigenvalue weighted by molar-refractivity contribution is 5.78. The number of amides is 1. The Morgan fingerprint density at radius 3 is 2.88 bits per heavy atom. The number of hydrogen-bond acceptors (Lipinski definition) is 2. The zero-order valence-electron chi connectivity index (χ0n) is 11.0. The molecule has 17 heavy (non-hydrogen) atoms. The number of nitrogens with zero attached hydrogens (tertiary/aromatic N) is 1. The van der Waals surface area contributed by atoms with Gasteiger partial charge in [0.15, 0.2) is 0 Å². The fraction of sp³-hybridized carbons (Fsp3) is 0.615. The van der Waals surface area contributed by atoms with Crippen LogP contribution in [-0.4, -0.2) is 23.1 Å². The largest absolute Gasteiger partial charge is 0.354 e. The number of carbonyl (C=O) groups is 1. The fourth-order valence-corrected chi connectivity index (χ4v) is 1.69. The number of nitrogens with one attached hydrogen (secondary N) is 2. The molecule has 4 nitrogen and oxygen atoms in total. The van der Waals surface area contributed by atoms with Gasteiger partial charge in [-0.15, -0.1) is 0 Å². The van der Waals surface area contributed by atoms with E-state index >= 15 is 0 Å². The molecule has 0 unspecified atom stereocenters. The Morgan fingerprint density at radius 2 is 2.24 bits per heavy atom. The minimum Gasteiger partial charge on any atom is -0.354 e. The maximum atomic E-state index is 11.4. The lowest BCUT2D eigenvalue weighted by molar-refractivity contribution is -0.120. The van der Waals surface area contributed by atoms with Gasteiger partial charge in [-0.05, 0) is 31.9 Å². The first-order valence-corrected chi connectivity index (χ1v) is 6.26. The van der Waals surface area contributed by atoms with Crippen molar-refractivity contribution < 1.29 is 4.79 Å². The van der Waals surface area contributed by atoms with Gasteiger partial charge in [-0.3, -0.25) is 4.79 Å². The van der Waals surface area contributed by atoms with Crippen molar-refractivity contribution in [2.45, 2.75) is 46.3 Å². The topological polar surface area (TPSA) is 46.1 Å². The SMILES string of the molecule is CCCn1ccc(CNCC(=O)NC(C)C)c1. The molecule has 0 aliphatic rings.